The highest BCUT2D eigenvalue weighted by molar-refractivity contribution is 5.22. The Morgan fingerprint density at radius 1 is 1.21 bits per heavy atom. The van der Waals surface area contributed by atoms with Crippen LogP contribution in [-0.2, 0) is 5.60 Å². The molecule has 2 heteroatoms. The fraction of sp³-hybridized carbons (Fsp3) is 0.500. The van der Waals surface area contributed by atoms with Crippen molar-refractivity contribution in [2.45, 2.75) is 25.9 Å². The fourth-order valence-corrected chi connectivity index (χ4v) is 1.70. The summed E-state index contributed by atoms with van der Waals surface area (Å²) >= 11 is 0. The second-order valence-corrected chi connectivity index (χ2v) is 4.15. The molecule has 0 saturated carbocycles. The zero-order chi connectivity index (χ0) is 10.6. The number of aliphatic hydroxyl groups excluding tert-OH is 1. The second-order valence-electron chi connectivity index (χ2n) is 4.15. The topological polar surface area (TPSA) is 40.5 Å². The zero-order valence-corrected chi connectivity index (χ0v) is 8.77. The standard InChI is InChI=1S/C12H18O2/c1-10(2)8-12(14,9-13)11-6-4-3-5-7-11/h3-7,10,13-14H,8-9H2,1-2H3/t12-/m0/s1. The molecule has 1 aromatic rings. The van der Waals surface area contributed by atoms with Gasteiger partial charge in [-0.1, -0.05) is 44.2 Å². The van der Waals surface area contributed by atoms with Gasteiger partial charge in [-0.25, -0.2) is 0 Å². The van der Waals surface area contributed by atoms with E-state index in [9.17, 15) is 10.2 Å². The Labute approximate surface area is 85.2 Å². The molecule has 0 unspecified atom stereocenters. The van der Waals surface area contributed by atoms with Crippen LogP contribution in [0.4, 0.5) is 0 Å². The lowest BCUT2D eigenvalue weighted by atomic mass is 9.86. The normalized spacial score (nSPS) is 15.5. The Morgan fingerprint density at radius 3 is 2.21 bits per heavy atom. The molecular formula is C12H18O2. The highest BCUT2D eigenvalue weighted by Gasteiger charge is 2.28. The van der Waals surface area contributed by atoms with E-state index in [4.69, 9.17) is 0 Å². The molecule has 0 spiro atoms. The van der Waals surface area contributed by atoms with Crippen LogP contribution in [-0.4, -0.2) is 16.8 Å². The summed E-state index contributed by atoms with van der Waals surface area (Å²) in [5.41, 5.74) is -0.300. The van der Waals surface area contributed by atoms with Gasteiger partial charge in [-0.2, -0.15) is 0 Å². The first-order chi connectivity index (χ1) is 6.58. The maximum Gasteiger partial charge on any atom is 0.113 e. The summed E-state index contributed by atoms with van der Waals surface area (Å²) in [6, 6.07) is 9.33. The molecule has 1 atom stereocenters. The van der Waals surface area contributed by atoms with Crippen molar-refractivity contribution in [3.8, 4) is 0 Å². The van der Waals surface area contributed by atoms with Gasteiger partial charge in [0.1, 0.15) is 5.60 Å². The predicted octanol–water partition coefficient (Wildman–Crippen LogP) is 1.91. The molecule has 0 bridgehead atoms. The first-order valence-electron chi connectivity index (χ1n) is 4.97. The number of hydrogen-bond donors (Lipinski definition) is 2. The van der Waals surface area contributed by atoms with E-state index in [0.29, 0.717) is 12.3 Å². The third-order valence-corrected chi connectivity index (χ3v) is 2.32. The van der Waals surface area contributed by atoms with Gasteiger partial charge < -0.3 is 10.2 Å². The average Bonchev–Trinajstić information content (AvgIpc) is 2.18. The van der Waals surface area contributed by atoms with Crippen LogP contribution in [0.15, 0.2) is 30.3 Å². The van der Waals surface area contributed by atoms with Crippen molar-refractivity contribution >= 4 is 0 Å². The molecule has 1 aromatic carbocycles. The van der Waals surface area contributed by atoms with Crippen molar-refractivity contribution in [2.75, 3.05) is 6.61 Å². The molecule has 0 radical (unpaired) electrons. The van der Waals surface area contributed by atoms with Crippen molar-refractivity contribution in [1.82, 2.24) is 0 Å². The summed E-state index contributed by atoms with van der Waals surface area (Å²) < 4.78 is 0. The smallest absolute Gasteiger partial charge is 0.113 e. The van der Waals surface area contributed by atoms with Crippen LogP contribution < -0.4 is 0 Å². The summed E-state index contributed by atoms with van der Waals surface area (Å²) in [6.45, 7) is 3.84. The van der Waals surface area contributed by atoms with Gasteiger partial charge in [-0.05, 0) is 17.9 Å². The highest BCUT2D eigenvalue weighted by Crippen LogP contribution is 2.27. The molecule has 0 saturated heterocycles. The van der Waals surface area contributed by atoms with Gasteiger partial charge in [0.15, 0.2) is 0 Å². The van der Waals surface area contributed by atoms with Crippen LogP contribution in [0.1, 0.15) is 25.8 Å². The lowest BCUT2D eigenvalue weighted by Gasteiger charge is -2.28. The average molecular weight is 194 g/mol. The van der Waals surface area contributed by atoms with Crippen molar-refractivity contribution in [3.05, 3.63) is 35.9 Å². The summed E-state index contributed by atoms with van der Waals surface area (Å²) in [5.74, 6) is 0.354. The summed E-state index contributed by atoms with van der Waals surface area (Å²) in [7, 11) is 0. The van der Waals surface area contributed by atoms with E-state index in [1.54, 1.807) is 0 Å². The maximum atomic E-state index is 10.2. The molecule has 0 aliphatic carbocycles. The Bertz CT molecular complexity index is 269. The van der Waals surface area contributed by atoms with Crippen molar-refractivity contribution in [2.24, 2.45) is 5.92 Å². The lowest BCUT2D eigenvalue weighted by Crippen LogP contribution is -2.31. The molecule has 0 aliphatic rings. The number of aliphatic hydroxyl groups is 2. The Morgan fingerprint density at radius 2 is 1.79 bits per heavy atom. The first kappa shape index (κ1) is 11.2. The predicted molar refractivity (Wildman–Crippen MR) is 56.9 cm³/mol. The lowest BCUT2D eigenvalue weighted by molar-refractivity contribution is -0.0352. The number of benzene rings is 1. The van der Waals surface area contributed by atoms with Gasteiger partial charge in [-0.3, -0.25) is 0 Å². The molecule has 78 valence electrons. The van der Waals surface area contributed by atoms with Gasteiger partial charge in [0.2, 0.25) is 0 Å². The van der Waals surface area contributed by atoms with E-state index in [0.717, 1.165) is 5.56 Å². The van der Waals surface area contributed by atoms with E-state index < -0.39 is 5.60 Å². The third kappa shape index (κ3) is 2.56. The maximum absolute atomic E-state index is 10.2. The quantitative estimate of drug-likeness (QED) is 0.768. The van der Waals surface area contributed by atoms with Crippen molar-refractivity contribution in [1.29, 1.82) is 0 Å². The van der Waals surface area contributed by atoms with Crippen LogP contribution >= 0.6 is 0 Å². The summed E-state index contributed by atoms with van der Waals surface area (Å²) in [4.78, 5) is 0. The molecule has 0 aromatic heterocycles. The van der Waals surface area contributed by atoms with Crippen molar-refractivity contribution < 1.29 is 10.2 Å². The van der Waals surface area contributed by atoms with Crippen molar-refractivity contribution in [3.63, 3.8) is 0 Å². The molecule has 1 rings (SSSR count). The first-order valence-corrected chi connectivity index (χ1v) is 4.97. The Balaban J connectivity index is 2.90. The van der Waals surface area contributed by atoms with Gasteiger partial charge in [0.25, 0.3) is 0 Å². The minimum absolute atomic E-state index is 0.227. The van der Waals surface area contributed by atoms with Crippen LogP contribution in [0.2, 0.25) is 0 Å². The second kappa shape index (κ2) is 4.58. The molecular weight excluding hydrogens is 176 g/mol. The van der Waals surface area contributed by atoms with Gasteiger partial charge >= 0.3 is 0 Å². The van der Waals surface area contributed by atoms with Crippen LogP contribution in [0, 0.1) is 5.92 Å². The molecule has 0 fully saturated rings. The van der Waals surface area contributed by atoms with Crippen LogP contribution in [0.25, 0.3) is 0 Å². The molecule has 0 heterocycles. The van der Waals surface area contributed by atoms with Gasteiger partial charge in [-0.15, -0.1) is 0 Å². The molecule has 0 amide bonds. The monoisotopic (exact) mass is 194 g/mol. The SMILES string of the molecule is CC(C)C[C@](O)(CO)c1ccccc1. The number of hydrogen-bond acceptors (Lipinski definition) is 2. The third-order valence-electron chi connectivity index (χ3n) is 2.32. The number of rotatable bonds is 4. The van der Waals surface area contributed by atoms with Crippen LogP contribution in [0.5, 0.6) is 0 Å². The minimum Gasteiger partial charge on any atom is -0.393 e. The van der Waals surface area contributed by atoms with Gasteiger partial charge in [0.05, 0.1) is 6.61 Å². The van der Waals surface area contributed by atoms with Gasteiger partial charge in [0, 0.05) is 0 Å². The minimum atomic E-state index is -1.09. The summed E-state index contributed by atoms with van der Waals surface area (Å²) in [5, 5.41) is 19.4. The molecule has 2 N–H and O–H groups in total. The zero-order valence-electron chi connectivity index (χ0n) is 8.77. The summed E-state index contributed by atoms with van der Waals surface area (Å²) in [6.07, 6.45) is 0.577. The molecule has 0 aliphatic heterocycles. The molecule has 14 heavy (non-hydrogen) atoms. The fourth-order valence-electron chi connectivity index (χ4n) is 1.70. The largest absolute Gasteiger partial charge is 0.393 e. The van der Waals surface area contributed by atoms with E-state index in [1.807, 2.05) is 44.2 Å². The molecule has 2 nitrogen and oxygen atoms in total. The van der Waals surface area contributed by atoms with E-state index in [-0.39, 0.29) is 6.61 Å². The van der Waals surface area contributed by atoms with Crippen LogP contribution in [0.3, 0.4) is 0 Å². The Kier molecular flexibility index (Phi) is 3.67. The Hall–Kier alpha value is -0.860. The van der Waals surface area contributed by atoms with E-state index in [2.05, 4.69) is 0 Å². The highest BCUT2D eigenvalue weighted by atomic mass is 16.3. The van der Waals surface area contributed by atoms with E-state index in [1.165, 1.54) is 0 Å². The van der Waals surface area contributed by atoms with E-state index >= 15 is 0 Å².